The topological polar surface area (TPSA) is 77.2 Å². The number of anilines is 1. The number of aromatic nitrogens is 3. The summed E-state index contributed by atoms with van der Waals surface area (Å²) in [5.41, 5.74) is 5.81. The molecule has 2 atom stereocenters. The molecule has 3 fully saturated rings. The average molecular weight is 261 g/mol. The van der Waals surface area contributed by atoms with Crippen molar-refractivity contribution in [3.8, 4) is 0 Å². The van der Waals surface area contributed by atoms with Crippen molar-refractivity contribution >= 4 is 5.95 Å². The average Bonchev–Trinajstić information content (AvgIpc) is 3.16. The molecular formula is C13H19N5O. The lowest BCUT2D eigenvalue weighted by atomic mass is 10.2. The summed E-state index contributed by atoms with van der Waals surface area (Å²) in [6.45, 7) is 2.84. The molecule has 2 N–H and O–H groups in total. The van der Waals surface area contributed by atoms with Crippen molar-refractivity contribution in [1.82, 2.24) is 19.9 Å². The van der Waals surface area contributed by atoms with Crippen LogP contribution in [0, 0.1) is 0 Å². The number of rotatable bonds is 2. The zero-order chi connectivity index (χ0) is 12.8. The lowest BCUT2D eigenvalue weighted by Crippen LogP contribution is -2.43. The Balaban J connectivity index is 1.57. The van der Waals surface area contributed by atoms with Crippen LogP contribution in [0.1, 0.15) is 49.4 Å². The van der Waals surface area contributed by atoms with Gasteiger partial charge in [0.1, 0.15) is 11.9 Å². The molecule has 0 radical (unpaired) electrons. The summed E-state index contributed by atoms with van der Waals surface area (Å²) in [6, 6.07) is 0.596. The molecule has 19 heavy (non-hydrogen) atoms. The monoisotopic (exact) mass is 261 g/mol. The molecule has 0 spiro atoms. The van der Waals surface area contributed by atoms with Crippen LogP contribution in [0.5, 0.6) is 0 Å². The Morgan fingerprint density at radius 2 is 1.95 bits per heavy atom. The maximum Gasteiger partial charge on any atom is 0.223 e. The molecule has 102 valence electrons. The van der Waals surface area contributed by atoms with Crippen LogP contribution in [0.2, 0.25) is 0 Å². The number of nitrogen functional groups attached to an aromatic ring is 1. The fourth-order valence-corrected chi connectivity index (χ4v) is 3.07. The van der Waals surface area contributed by atoms with Gasteiger partial charge >= 0.3 is 0 Å². The first-order chi connectivity index (χ1) is 9.29. The number of hydrogen-bond acceptors (Lipinski definition) is 6. The number of morpholine rings is 1. The molecule has 1 aromatic rings. The van der Waals surface area contributed by atoms with Gasteiger partial charge in [0.05, 0.1) is 6.61 Å². The van der Waals surface area contributed by atoms with E-state index in [9.17, 15) is 0 Å². The first kappa shape index (κ1) is 11.5. The zero-order valence-electron chi connectivity index (χ0n) is 11.0. The fraction of sp³-hybridized carbons (Fsp3) is 0.769. The highest BCUT2D eigenvalue weighted by molar-refractivity contribution is 5.20. The van der Waals surface area contributed by atoms with Gasteiger partial charge in [-0.15, -0.1) is 0 Å². The Labute approximate surface area is 112 Å². The lowest BCUT2D eigenvalue weighted by molar-refractivity contribution is -0.0542. The molecule has 3 aliphatic rings. The van der Waals surface area contributed by atoms with Crippen LogP contribution in [0.15, 0.2) is 0 Å². The van der Waals surface area contributed by atoms with Gasteiger partial charge in [-0.25, -0.2) is 4.98 Å². The summed E-state index contributed by atoms with van der Waals surface area (Å²) in [6.07, 6.45) is 4.81. The highest BCUT2D eigenvalue weighted by atomic mass is 16.5. The largest absolute Gasteiger partial charge is 0.368 e. The molecule has 6 heteroatoms. The molecule has 1 aliphatic carbocycles. The second-order valence-corrected chi connectivity index (χ2v) is 5.80. The van der Waals surface area contributed by atoms with Crippen molar-refractivity contribution in [3.05, 3.63) is 11.6 Å². The van der Waals surface area contributed by atoms with E-state index in [1.54, 1.807) is 0 Å². The van der Waals surface area contributed by atoms with Crippen molar-refractivity contribution in [2.45, 2.75) is 43.7 Å². The molecule has 0 amide bonds. The van der Waals surface area contributed by atoms with Crippen LogP contribution in [0.25, 0.3) is 0 Å². The second kappa shape index (κ2) is 4.38. The molecule has 0 aromatic carbocycles. The smallest absolute Gasteiger partial charge is 0.223 e. The zero-order valence-corrected chi connectivity index (χ0v) is 11.0. The van der Waals surface area contributed by atoms with Crippen LogP contribution in [-0.2, 0) is 4.74 Å². The fourth-order valence-electron chi connectivity index (χ4n) is 3.07. The van der Waals surface area contributed by atoms with Gasteiger partial charge < -0.3 is 10.5 Å². The summed E-state index contributed by atoms with van der Waals surface area (Å²) in [5, 5.41) is 0. The second-order valence-electron chi connectivity index (χ2n) is 5.80. The molecule has 6 nitrogen and oxygen atoms in total. The Bertz CT molecular complexity index is 490. The summed E-state index contributed by atoms with van der Waals surface area (Å²) in [5.74, 6) is 2.40. The van der Waals surface area contributed by atoms with Gasteiger partial charge in [-0.05, 0) is 32.2 Å². The van der Waals surface area contributed by atoms with E-state index in [2.05, 4.69) is 19.9 Å². The molecule has 2 aliphatic heterocycles. The number of nitrogens with zero attached hydrogens (tertiary/aromatic N) is 4. The van der Waals surface area contributed by atoms with E-state index >= 15 is 0 Å². The number of fused-ring (bicyclic) bond motifs is 1. The third kappa shape index (κ3) is 2.19. The van der Waals surface area contributed by atoms with Gasteiger partial charge in [0.2, 0.25) is 5.95 Å². The highest BCUT2D eigenvalue weighted by Gasteiger charge is 2.35. The minimum absolute atomic E-state index is 0.0443. The van der Waals surface area contributed by atoms with Crippen molar-refractivity contribution in [3.63, 3.8) is 0 Å². The van der Waals surface area contributed by atoms with Crippen LogP contribution < -0.4 is 5.73 Å². The van der Waals surface area contributed by atoms with Gasteiger partial charge in [0.25, 0.3) is 0 Å². The molecular weight excluding hydrogens is 242 g/mol. The molecule has 2 unspecified atom stereocenters. The van der Waals surface area contributed by atoms with Crippen molar-refractivity contribution in [1.29, 1.82) is 0 Å². The summed E-state index contributed by atoms with van der Waals surface area (Å²) >= 11 is 0. The summed E-state index contributed by atoms with van der Waals surface area (Å²) < 4.78 is 5.94. The third-order valence-electron chi connectivity index (χ3n) is 4.31. The van der Waals surface area contributed by atoms with Crippen molar-refractivity contribution in [2.24, 2.45) is 0 Å². The Morgan fingerprint density at radius 1 is 1.11 bits per heavy atom. The molecule has 3 heterocycles. The number of ether oxygens (including phenoxy) is 1. The van der Waals surface area contributed by atoms with E-state index in [0.717, 1.165) is 24.8 Å². The van der Waals surface area contributed by atoms with E-state index in [1.165, 1.54) is 32.2 Å². The van der Waals surface area contributed by atoms with Gasteiger partial charge in [0, 0.05) is 18.5 Å². The van der Waals surface area contributed by atoms with Crippen LogP contribution in [0.3, 0.4) is 0 Å². The molecule has 1 aromatic heterocycles. The third-order valence-corrected chi connectivity index (χ3v) is 4.31. The van der Waals surface area contributed by atoms with E-state index in [4.69, 9.17) is 10.5 Å². The first-order valence-electron chi connectivity index (χ1n) is 7.16. The number of hydrogen-bond donors (Lipinski definition) is 1. The van der Waals surface area contributed by atoms with Crippen LogP contribution >= 0.6 is 0 Å². The maximum atomic E-state index is 5.94. The molecule has 0 bridgehead atoms. The summed E-state index contributed by atoms with van der Waals surface area (Å²) in [7, 11) is 0. The molecule has 1 saturated carbocycles. The normalized spacial score (nSPS) is 31.4. The van der Waals surface area contributed by atoms with E-state index in [-0.39, 0.29) is 6.10 Å². The predicted octanol–water partition coefficient (Wildman–Crippen LogP) is 0.867. The first-order valence-corrected chi connectivity index (χ1v) is 7.16. The molecule has 2 saturated heterocycles. The number of nitrogens with two attached hydrogens (primary N) is 1. The minimum Gasteiger partial charge on any atom is -0.368 e. The SMILES string of the molecule is Nc1nc(C2CC2)nc(C2CN3CCCC3CO2)n1. The highest BCUT2D eigenvalue weighted by Crippen LogP contribution is 2.38. The predicted molar refractivity (Wildman–Crippen MR) is 69.5 cm³/mol. The van der Waals surface area contributed by atoms with Gasteiger partial charge in [0.15, 0.2) is 5.82 Å². The van der Waals surface area contributed by atoms with Gasteiger partial charge in [-0.3, -0.25) is 4.90 Å². The minimum atomic E-state index is -0.0443. The lowest BCUT2D eigenvalue weighted by Gasteiger charge is -2.34. The summed E-state index contributed by atoms with van der Waals surface area (Å²) in [4.78, 5) is 15.6. The molecule has 4 rings (SSSR count). The van der Waals surface area contributed by atoms with Crippen LogP contribution in [-0.4, -0.2) is 45.6 Å². The van der Waals surface area contributed by atoms with Crippen LogP contribution in [0.4, 0.5) is 5.95 Å². The quantitative estimate of drug-likeness (QED) is 0.851. The Hall–Kier alpha value is -1.27. The van der Waals surface area contributed by atoms with E-state index in [1.807, 2.05) is 0 Å². The Kier molecular flexibility index (Phi) is 2.66. The standard InChI is InChI=1S/C13H19N5O/c14-13-16-11(8-3-4-8)15-12(17-13)10-6-18-5-1-2-9(18)7-19-10/h8-10H,1-7H2,(H2,14,15,16,17). The van der Waals surface area contributed by atoms with Crippen molar-refractivity contribution < 1.29 is 4.74 Å². The van der Waals surface area contributed by atoms with E-state index in [0.29, 0.717) is 17.9 Å². The maximum absolute atomic E-state index is 5.94. The van der Waals surface area contributed by atoms with Gasteiger partial charge in [-0.2, -0.15) is 9.97 Å². The van der Waals surface area contributed by atoms with Crippen molar-refractivity contribution in [2.75, 3.05) is 25.4 Å². The Morgan fingerprint density at radius 3 is 2.79 bits per heavy atom. The van der Waals surface area contributed by atoms with Gasteiger partial charge in [-0.1, -0.05) is 0 Å². The van der Waals surface area contributed by atoms with E-state index < -0.39 is 0 Å².